The Morgan fingerprint density at radius 1 is 1.29 bits per heavy atom. The van der Waals surface area contributed by atoms with Gasteiger partial charge in [-0.25, -0.2) is 0 Å². The van der Waals surface area contributed by atoms with Gasteiger partial charge in [0, 0.05) is 11.3 Å². The Kier molecular flexibility index (Phi) is 1.81. The fourth-order valence-corrected chi connectivity index (χ4v) is 1.28. The van der Waals surface area contributed by atoms with E-state index < -0.39 is 11.7 Å². The largest absolute Gasteiger partial charge is 0.416 e. The minimum atomic E-state index is -4.32. The van der Waals surface area contributed by atoms with Crippen molar-refractivity contribution in [2.24, 2.45) is 10.3 Å². The van der Waals surface area contributed by atoms with Gasteiger partial charge in [0.1, 0.15) is 0 Å². The second-order valence-electron chi connectivity index (χ2n) is 3.02. The molecule has 0 amide bonds. The van der Waals surface area contributed by atoms with E-state index in [1.54, 1.807) is 7.05 Å². The van der Waals surface area contributed by atoms with Crippen molar-refractivity contribution >= 4 is 11.4 Å². The lowest BCUT2D eigenvalue weighted by Gasteiger charge is -2.06. The Balaban J connectivity index is 2.47. The zero-order valence-electron chi connectivity index (χ0n) is 7.26. The number of hydrogen-bond acceptors (Lipinski definition) is 2. The van der Waals surface area contributed by atoms with Crippen LogP contribution >= 0.6 is 0 Å². The van der Waals surface area contributed by atoms with Crippen LogP contribution in [0.3, 0.4) is 0 Å². The first kappa shape index (κ1) is 9.14. The molecule has 1 heterocycles. The van der Waals surface area contributed by atoms with Gasteiger partial charge in [-0.05, 0) is 12.1 Å². The first-order valence-corrected chi connectivity index (χ1v) is 3.95. The predicted octanol–water partition coefficient (Wildman–Crippen LogP) is 1.86. The van der Waals surface area contributed by atoms with E-state index in [1.807, 2.05) is 0 Å². The van der Waals surface area contributed by atoms with Crippen LogP contribution in [0.2, 0.25) is 0 Å². The number of hydrogen-bond donors (Lipinski definition) is 1. The molecule has 0 fully saturated rings. The number of quaternary nitrogens is 1. The highest BCUT2D eigenvalue weighted by atomic mass is 19.4. The van der Waals surface area contributed by atoms with Crippen LogP contribution in [0.4, 0.5) is 24.5 Å². The molecule has 14 heavy (non-hydrogen) atoms. The number of nitrogens with zero attached hydrogens (tertiary/aromatic N) is 2. The lowest BCUT2D eigenvalue weighted by Crippen LogP contribution is -2.97. The second kappa shape index (κ2) is 2.78. The van der Waals surface area contributed by atoms with E-state index in [0.717, 1.165) is 12.1 Å². The monoisotopic (exact) mass is 202 g/mol. The van der Waals surface area contributed by atoms with Crippen LogP contribution in [0.1, 0.15) is 5.56 Å². The number of rotatable bonds is 0. The molecule has 1 atom stereocenters. The normalized spacial score (nSPS) is 19.9. The highest BCUT2D eigenvalue weighted by molar-refractivity contribution is 5.59. The molecule has 2 rings (SSSR count). The maximum absolute atomic E-state index is 12.3. The number of fused-ring (bicyclic) bond motifs is 1. The molecular weight excluding hydrogens is 195 g/mol. The molecule has 1 aliphatic heterocycles. The molecule has 1 aromatic rings. The van der Waals surface area contributed by atoms with Crippen molar-refractivity contribution in [3.8, 4) is 0 Å². The summed E-state index contributed by atoms with van der Waals surface area (Å²) in [5, 5.41) is 7.99. The minimum absolute atomic E-state index is 0.289. The third-order valence-electron chi connectivity index (χ3n) is 2.02. The van der Waals surface area contributed by atoms with Crippen LogP contribution < -0.4 is 5.01 Å². The van der Waals surface area contributed by atoms with Gasteiger partial charge < -0.3 is 0 Å². The Bertz CT molecular complexity index is 397. The van der Waals surface area contributed by atoms with Gasteiger partial charge in [-0.15, -0.1) is 0 Å². The summed E-state index contributed by atoms with van der Waals surface area (Å²) in [6, 6.07) is 3.45. The van der Waals surface area contributed by atoms with Crippen LogP contribution in [0, 0.1) is 0 Å². The van der Waals surface area contributed by atoms with Gasteiger partial charge in [-0.2, -0.15) is 18.2 Å². The van der Waals surface area contributed by atoms with Gasteiger partial charge in [0.25, 0.3) is 0 Å². The molecule has 74 valence electrons. The lowest BCUT2D eigenvalue weighted by molar-refractivity contribution is -0.817. The Labute approximate surface area is 77.8 Å². The minimum Gasteiger partial charge on any atom is -0.166 e. The van der Waals surface area contributed by atoms with E-state index in [2.05, 4.69) is 10.3 Å². The Hall–Kier alpha value is -1.43. The van der Waals surface area contributed by atoms with Crippen molar-refractivity contribution < 1.29 is 18.2 Å². The van der Waals surface area contributed by atoms with Gasteiger partial charge in [0.05, 0.1) is 12.6 Å². The van der Waals surface area contributed by atoms with Crippen molar-refractivity contribution in [3.05, 3.63) is 23.8 Å². The van der Waals surface area contributed by atoms with Crippen molar-refractivity contribution in [2.75, 3.05) is 7.05 Å². The van der Waals surface area contributed by atoms with Crippen LogP contribution in [-0.4, -0.2) is 7.05 Å². The van der Waals surface area contributed by atoms with Crippen LogP contribution in [0.5, 0.6) is 0 Å². The first-order chi connectivity index (χ1) is 6.48. The molecule has 1 unspecified atom stereocenters. The number of benzene rings is 1. The van der Waals surface area contributed by atoms with Gasteiger partial charge in [0.2, 0.25) is 0 Å². The lowest BCUT2D eigenvalue weighted by atomic mass is 10.1. The van der Waals surface area contributed by atoms with Crippen LogP contribution in [0.15, 0.2) is 28.5 Å². The molecule has 0 radical (unpaired) electrons. The fourth-order valence-electron chi connectivity index (χ4n) is 1.28. The highest BCUT2D eigenvalue weighted by Crippen LogP contribution is 2.35. The maximum atomic E-state index is 12.3. The molecule has 1 aliphatic rings. The van der Waals surface area contributed by atoms with E-state index in [4.69, 9.17) is 0 Å². The quantitative estimate of drug-likeness (QED) is 0.665. The molecule has 1 aromatic carbocycles. The summed E-state index contributed by atoms with van der Waals surface area (Å²) in [6.07, 6.45) is -4.32. The molecule has 3 nitrogen and oxygen atoms in total. The second-order valence-corrected chi connectivity index (χ2v) is 3.02. The van der Waals surface area contributed by atoms with E-state index >= 15 is 0 Å². The van der Waals surface area contributed by atoms with Gasteiger partial charge in [0.15, 0.2) is 11.4 Å². The maximum Gasteiger partial charge on any atom is 0.416 e. The van der Waals surface area contributed by atoms with E-state index in [9.17, 15) is 13.2 Å². The van der Waals surface area contributed by atoms with Crippen LogP contribution in [0.25, 0.3) is 0 Å². The smallest absolute Gasteiger partial charge is 0.166 e. The number of alkyl halides is 3. The molecule has 0 aliphatic carbocycles. The molecule has 6 heteroatoms. The summed E-state index contributed by atoms with van der Waals surface area (Å²) in [7, 11) is 1.71. The Morgan fingerprint density at radius 2 is 2.00 bits per heavy atom. The average molecular weight is 202 g/mol. The molecule has 0 saturated heterocycles. The summed E-state index contributed by atoms with van der Waals surface area (Å²) in [4.78, 5) is 0. The average Bonchev–Trinajstić information content (AvgIpc) is 2.46. The summed E-state index contributed by atoms with van der Waals surface area (Å²) in [5.74, 6) is 0. The van der Waals surface area contributed by atoms with Gasteiger partial charge >= 0.3 is 6.18 Å². The third kappa shape index (κ3) is 1.37. The molecule has 0 saturated carbocycles. The zero-order valence-corrected chi connectivity index (χ0v) is 7.26. The summed E-state index contributed by atoms with van der Waals surface area (Å²) in [5.41, 5.74) is 0.264. The van der Waals surface area contributed by atoms with E-state index in [0.29, 0.717) is 10.7 Å². The SMILES string of the molecule is C[NH+]1N=Nc2cc(C(F)(F)F)ccc21. The van der Waals surface area contributed by atoms with Crippen molar-refractivity contribution in [1.82, 2.24) is 0 Å². The first-order valence-electron chi connectivity index (χ1n) is 3.95. The van der Waals surface area contributed by atoms with Gasteiger partial charge in [-0.3, -0.25) is 0 Å². The molecule has 1 N–H and O–H groups in total. The topological polar surface area (TPSA) is 29.2 Å². The van der Waals surface area contributed by atoms with Gasteiger partial charge in [-0.1, -0.05) is 5.11 Å². The Morgan fingerprint density at radius 3 is 2.64 bits per heavy atom. The van der Waals surface area contributed by atoms with Crippen molar-refractivity contribution in [3.63, 3.8) is 0 Å². The predicted molar refractivity (Wildman–Crippen MR) is 42.5 cm³/mol. The molecule has 0 spiro atoms. The number of nitrogens with one attached hydrogen (secondary N) is 1. The fraction of sp³-hybridized carbons (Fsp3) is 0.250. The standard InChI is InChI=1S/C8H6F3N3/c1-14-7-3-2-5(8(9,10)11)4-6(7)12-13-14/h2-4H,1H3/p+1. The van der Waals surface area contributed by atoms with Crippen LogP contribution in [-0.2, 0) is 6.18 Å². The third-order valence-corrected chi connectivity index (χ3v) is 2.02. The summed E-state index contributed by atoms with van der Waals surface area (Å²) >= 11 is 0. The molecular formula is C8H7F3N3+. The van der Waals surface area contributed by atoms with E-state index in [-0.39, 0.29) is 5.69 Å². The van der Waals surface area contributed by atoms with E-state index in [1.165, 1.54) is 6.07 Å². The van der Waals surface area contributed by atoms with Crippen molar-refractivity contribution in [1.29, 1.82) is 0 Å². The zero-order chi connectivity index (χ0) is 10.3. The summed E-state index contributed by atoms with van der Waals surface area (Å²) in [6.45, 7) is 0. The van der Waals surface area contributed by atoms with Crippen molar-refractivity contribution in [2.45, 2.75) is 6.18 Å². The summed E-state index contributed by atoms with van der Waals surface area (Å²) < 4.78 is 36.8. The molecule has 0 bridgehead atoms. The highest BCUT2D eigenvalue weighted by Gasteiger charge is 2.33. The number of halogens is 3. The molecule has 0 aromatic heterocycles.